The minimum absolute atomic E-state index is 0. The molecule has 14 heavy (non-hydrogen) atoms. The van der Waals surface area contributed by atoms with E-state index in [1.165, 1.54) is 13.2 Å². The fourth-order valence-electron chi connectivity index (χ4n) is 1.16. The molecule has 0 saturated heterocycles. The molecular weight excluding hydrogens is 216 g/mol. The Labute approximate surface area is 86.0 Å². The lowest BCUT2D eigenvalue weighted by atomic mass is 10.1. The molecule has 80 valence electrons. The van der Waals surface area contributed by atoms with Crippen molar-refractivity contribution >= 4 is 18.4 Å². The normalized spacial score (nSPS) is 19.9. The van der Waals surface area contributed by atoms with Crippen LogP contribution in [0.2, 0.25) is 0 Å². The van der Waals surface area contributed by atoms with Crippen molar-refractivity contribution in [3.63, 3.8) is 0 Å². The number of carbonyl (C=O) groups excluding carboxylic acids is 1. The molecule has 0 unspecified atom stereocenters. The van der Waals surface area contributed by atoms with Crippen LogP contribution >= 0.6 is 12.4 Å². The first-order valence-electron chi connectivity index (χ1n) is 3.65. The molecule has 3 nitrogen and oxygen atoms in total. The molecule has 2 N–H and O–H groups in total. The quantitative estimate of drug-likeness (QED) is 0.686. The maximum Gasteiger partial charge on any atom is 0.333 e. The van der Waals surface area contributed by atoms with Crippen LogP contribution in [0.3, 0.4) is 0 Å². The van der Waals surface area contributed by atoms with Crippen LogP contribution in [0.4, 0.5) is 8.78 Å². The number of nitrogens with two attached hydrogens (primary N) is 1. The maximum absolute atomic E-state index is 12.1. The van der Waals surface area contributed by atoms with Crippen molar-refractivity contribution in [2.24, 2.45) is 5.73 Å². The number of hydrogen-bond donors (Lipinski definition) is 1. The topological polar surface area (TPSA) is 52.3 Å². The third kappa shape index (κ3) is 2.52. The van der Waals surface area contributed by atoms with Crippen molar-refractivity contribution < 1.29 is 18.3 Å². The summed E-state index contributed by atoms with van der Waals surface area (Å²) in [4.78, 5) is 10.9. The summed E-state index contributed by atoms with van der Waals surface area (Å²) in [5, 5.41) is 0. The molecule has 0 radical (unpaired) electrons. The highest BCUT2D eigenvalue weighted by Gasteiger charge is 2.26. The van der Waals surface area contributed by atoms with E-state index in [4.69, 9.17) is 5.73 Å². The number of rotatable bonds is 1. The number of ether oxygens (including phenoxy) is 1. The van der Waals surface area contributed by atoms with E-state index in [2.05, 4.69) is 4.74 Å². The summed E-state index contributed by atoms with van der Waals surface area (Å²) in [6, 6.07) is -0.862. The van der Waals surface area contributed by atoms with Crippen molar-refractivity contribution in [3.8, 4) is 0 Å². The molecule has 0 fully saturated rings. The van der Waals surface area contributed by atoms with E-state index < -0.39 is 18.1 Å². The molecule has 0 heterocycles. The third-order valence-corrected chi connectivity index (χ3v) is 1.85. The van der Waals surface area contributed by atoms with Crippen LogP contribution in [-0.2, 0) is 9.53 Å². The molecule has 0 spiro atoms. The van der Waals surface area contributed by atoms with Gasteiger partial charge in [-0.25, -0.2) is 4.79 Å². The molecule has 0 aromatic carbocycles. The molecule has 0 aromatic rings. The average Bonchev–Trinajstić information content (AvgIpc) is 2.46. The molecule has 0 amide bonds. The fourth-order valence-corrected chi connectivity index (χ4v) is 1.16. The Morgan fingerprint density at radius 3 is 2.57 bits per heavy atom. The van der Waals surface area contributed by atoms with Crippen LogP contribution in [0.25, 0.3) is 0 Å². The van der Waals surface area contributed by atoms with Crippen LogP contribution in [-0.4, -0.2) is 19.1 Å². The zero-order chi connectivity index (χ0) is 10.0. The predicted octanol–water partition coefficient (Wildman–Crippen LogP) is 1.39. The van der Waals surface area contributed by atoms with Gasteiger partial charge in [-0.3, -0.25) is 0 Å². The van der Waals surface area contributed by atoms with Crippen molar-refractivity contribution in [2.75, 3.05) is 7.11 Å². The maximum atomic E-state index is 12.1. The largest absolute Gasteiger partial charge is 0.466 e. The van der Waals surface area contributed by atoms with Gasteiger partial charge < -0.3 is 10.5 Å². The second-order valence-corrected chi connectivity index (χ2v) is 2.67. The van der Waals surface area contributed by atoms with E-state index in [0.717, 1.165) is 0 Å². The molecule has 0 aromatic heterocycles. The van der Waals surface area contributed by atoms with Crippen LogP contribution in [0.1, 0.15) is 6.42 Å². The van der Waals surface area contributed by atoms with E-state index in [-0.39, 0.29) is 30.0 Å². The third-order valence-electron chi connectivity index (χ3n) is 1.85. The summed E-state index contributed by atoms with van der Waals surface area (Å²) in [7, 11) is 1.20. The second-order valence-electron chi connectivity index (χ2n) is 2.67. The van der Waals surface area contributed by atoms with E-state index >= 15 is 0 Å². The first-order chi connectivity index (χ1) is 6.06. The Kier molecular flexibility index (Phi) is 4.73. The molecule has 0 saturated carbocycles. The van der Waals surface area contributed by atoms with Crippen molar-refractivity contribution in [2.45, 2.75) is 12.5 Å². The van der Waals surface area contributed by atoms with Gasteiger partial charge in [0.25, 0.3) is 6.08 Å². The Morgan fingerprint density at radius 2 is 2.21 bits per heavy atom. The van der Waals surface area contributed by atoms with Crippen LogP contribution in [0.15, 0.2) is 23.3 Å². The van der Waals surface area contributed by atoms with Crippen LogP contribution in [0, 0.1) is 0 Å². The van der Waals surface area contributed by atoms with E-state index in [1.807, 2.05) is 0 Å². The van der Waals surface area contributed by atoms with E-state index in [0.29, 0.717) is 0 Å². The van der Waals surface area contributed by atoms with Gasteiger partial charge in [0, 0.05) is 17.6 Å². The number of esters is 1. The molecule has 0 aliphatic heterocycles. The first kappa shape index (κ1) is 13.1. The van der Waals surface area contributed by atoms with Gasteiger partial charge in [-0.05, 0) is 0 Å². The van der Waals surface area contributed by atoms with Gasteiger partial charge in [-0.15, -0.1) is 12.4 Å². The molecule has 1 aliphatic carbocycles. The first-order valence-corrected chi connectivity index (χ1v) is 3.65. The smallest absolute Gasteiger partial charge is 0.333 e. The Hall–Kier alpha value is -0.940. The SMILES string of the molecule is COC(=O)C1=C[C@H](N)C(=C(F)F)C1.Cl. The number of halogens is 3. The van der Waals surface area contributed by atoms with Gasteiger partial charge in [-0.1, -0.05) is 6.08 Å². The molecular formula is C8H10ClF2NO2. The standard InChI is InChI=1S/C8H9F2NO2.ClH/c1-13-8(12)4-2-5(7(9)10)6(11)3-4;/h3,6H,2,11H2,1H3;1H/t6-;/m0./s1. The van der Waals surface area contributed by atoms with Gasteiger partial charge in [0.05, 0.1) is 13.2 Å². The minimum Gasteiger partial charge on any atom is -0.466 e. The molecule has 1 aliphatic rings. The summed E-state index contributed by atoms with van der Waals surface area (Å²) >= 11 is 0. The zero-order valence-electron chi connectivity index (χ0n) is 7.42. The van der Waals surface area contributed by atoms with E-state index in [1.54, 1.807) is 0 Å². The Bertz CT molecular complexity index is 298. The lowest BCUT2D eigenvalue weighted by molar-refractivity contribution is -0.136. The molecule has 1 atom stereocenters. The van der Waals surface area contributed by atoms with Crippen LogP contribution in [0.5, 0.6) is 0 Å². The second kappa shape index (κ2) is 5.07. The monoisotopic (exact) mass is 225 g/mol. The van der Waals surface area contributed by atoms with Gasteiger partial charge in [0.2, 0.25) is 0 Å². The number of methoxy groups -OCH3 is 1. The van der Waals surface area contributed by atoms with Gasteiger partial charge in [-0.2, -0.15) is 8.78 Å². The summed E-state index contributed by atoms with van der Waals surface area (Å²) < 4.78 is 28.7. The summed E-state index contributed by atoms with van der Waals surface area (Å²) in [6.45, 7) is 0. The highest BCUT2D eigenvalue weighted by molar-refractivity contribution is 5.90. The highest BCUT2D eigenvalue weighted by atomic mass is 35.5. The average molecular weight is 226 g/mol. The lowest BCUT2D eigenvalue weighted by Crippen LogP contribution is -2.16. The van der Waals surface area contributed by atoms with Crippen molar-refractivity contribution in [3.05, 3.63) is 23.3 Å². The zero-order valence-corrected chi connectivity index (χ0v) is 8.24. The predicted molar refractivity (Wildman–Crippen MR) is 49.2 cm³/mol. The number of carbonyl (C=O) groups is 1. The molecule has 6 heteroatoms. The number of hydrogen-bond acceptors (Lipinski definition) is 3. The fraction of sp³-hybridized carbons (Fsp3) is 0.375. The molecule has 0 bridgehead atoms. The van der Waals surface area contributed by atoms with Gasteiger partial charge in [0.1, 0.15) is 0 Å². The Morgan fingerprint density at radius 1 is 1.64 bits per heavy atom. The summed E-state index contributed by atoms with van der Waals surface area (Å²) in [5.41, 5.74) is 5.33. The molecule has 1 rings (SSSR count). The van der Waals surface area contributed by atoms with Crippen molar-refractivity contribution in [1.82, 2.24) is 0 Å². The lowest BCUT2D eigenvalue weighted by Gasteiger charge is -2.00. The highest BCUT2D eigenvalue weighted by Crippen LogP contribution is 2.27. The van der Waals surface area contributed by atoms with Gasteiger partial charge in [0.15, 0.2) is 0 Å². The van der Waals surface area contributed by atoms with Crippen LogP contribution < -0.4 is 5.73 Å². The minimum atomic E-state index is -1.82. The van der Waals surface area contributed by atoms with E-state index in [9.17, 15) is 13.6 Å². The van der Waals surface area contributed by atoms with Crippen molar-refractivity contribution in [1.29, 1.82) is 0 Å². The Balaban J connectivity index is 0.00000169. The summed E-state index contributed by atoms with van der Waals surface area (Å²) in [6.07, 6.45) is -0.640. The summed E-state index contributed by atoms with van der Waals surface area (Å²) in [5.74, 6) is -0.605. The van der Waals surface area contributed by atoms with Gasteiger partial charge >= 0.3 is 5.97 Å².